The molecule has 1 aromatic carbocycles. The van der Waals surface area contributed by atoms with Crippen molar-refractivity contribution in [2.24, 2.45) is 0 Å². The third-order valence-electron chi connectivity index (χ3n) is 2.42. The number of rotatable bonds is 2. The number of hydrogen-bond acceptors (Lipinski definition) is 2. The van der Waals surface area contributed by atoms with Gasteiger partial charge in [-0.3, -0.25) is 0 Å². The third kappa shape index (κ3) is 2.84. The molecule has 0 atom stereocenters. The molecular formula is C11H16BrNO2S. The van der Waals surface area contributed by atoms with E-state index in [1.54, 1.807) is 31.3 Å². The topological polar surface area (TPSA) is 37.4 Å². The highest BCUT2D eigenvalue weighted by molar-refractivity contribution is 9.10. The van der Waals surface area contributed by atoms with Gasteiger partial charge in [-0.25, -0.2) is 8.42 Å². The molecule has 0 aliphatic heterocycles. The van der Waals surface area contributed by atoms with Crippen LogP contribution in [0.2, 0.25) is 0 Å². The maximum absolute atomic E-state index is 12.2. The lowest BCUT2D eigenvalue weighted by Crippen LogP contribution is -2.42. The van der Waals surface area contributed by atoms with Crippen molar-refractivity contribution in [3.8, 4) is 0 Å². The van der Waals surface area contributed by atoms with Crippen LogP contribution in [0.5, 0.6) is 0 Å². The van der Waals surface area contributed by atoms with Crippen LogP contribution in [0.3, 0.4) is 0 Å². The van der Waals surface area contributed by atoms with E-state index in [2.05, 4.69) is 15.9 Å². The lowest BCUT2D eigenvalue weighted by Gasteiger charge is -2.30. The van der Waals surface area contributed by atoms with Crippen LogP contribution in [0.15, 0.2) is 33.6 Å². The van der Waals surface area contributed by atoms with Crippen LogP contribution in [0.25, 0.3) is 0 Å². The number of halogens is 1. The summed E-state index contributed by atoms with van der Waals surface area (Å²) in [5, 5.41) is 0. The van der Waals surface area contributed by atoms with Gasteiger partial charge < -0.3 is 0 Å². The molecule has 0 N–H and O–H groups in total. The van der Waals surface area contributed by atoms with E-state index in [9.17, 15) is 8.42 Å². The highest BCUT2D eigenvalue weighted by Crippen LogP contribution is 2.23. The Bertz CT molecular complexity index is 460. The molecule has 0 spiro atoms. The standard InChI is InChI=1S/C11H16BrNO2S/c1-11(2,3)13(4)16(14,15)10-7-5-9(12)6-8-10/h5-8H,1-4H3. The van der Waals surface area contributed by atoms with Crippen molar-refractivity contribution in [3.63, 3.8) is 0 Å². The van der Waals surface area contributed by atoms with Crippen LogP contribution in [0.4, 0.5) is 0 Å². The normalized spacial score (nSPS) is 13.1. The molecule has 0 unspecified atom stereocenters. The average Bonchev–Trinajstić information content (AvgIpc) is 2.16. The first-order valence-corrected chi connectivity index (χ1v) is 7.13. The Morgan fingerprint density at radius 2 is 1.56 bits per heavy atom. The van der Waals surface area contributed by atoms with Crippen molar-refractivity contribution in [1.82, 2.24) is 4.31 Å². The van der Waals surface area contributed by atoms with Crippen LogP contribution in [-0.4, -0.2) is 25.3 Å². The summed E-state index contributed by atoms with van der Waals surface area (Å²) in [6.07, 6.45) is 0. The van der Waals surface area contributed by atoms with Crippen LogP contribution in [0.1, 0.15) is 20.8 Å². The van der Waals surface area contributed by atoms with Crippen molar-refractivity contribution >= 4 is 26.0 Å². The molecule has 0 radical (unpaired) electrons. The van der Waals surface area contributed by atoms with Gasteiger partial charge >= 0.3 is 0 Å². The summed E-state index contributed by atoms with van der Waals surface area (Å²) in [5.41, 5.74) is -0.425. The van der Waals surface area contributed by atoms with E-state index in [0.717, 1.165) is 4.47 Å². The van der Waals surface area contributed by atoms with Crippen molar-refractivity contribution in [3.05, 3.63) is 28.7 Å². The maximum Gasteiger partial charge on any atom is 0.243 e. The summed E-state index contributed by atoms with van der Waals surface area (Å²) in [4.78, 5) is 0.313. The second-order valence-electron chi connectivity index (χ2n) is 4.60. The number of sulfonamides is 1. The zero-order chi connectivity index (χ0) is 12.6. The molecule has 0 saturated carbocycles. The summed E-state index contributed by atoms with van der Waals surface area (Å²) in [7, 11) is -1.81. The van der Waals surface area contributed by atoms with Crippen molar-refractivity contribution in [2.75, 3.05) is 7.05 Å². The first kappa shape index (κ1) is 13.7. The van der Waals surface area contributed by atoms with Crippen LogP contribution < -0.4 is 0 Å². The minimum absolute atomic E-state index is 0.313. The van der Waals surface area contributed by atoms with Gasteiger partial charge in [-0.1, -0.05) is 15.9 Å². The van der Waals surface area contributed by atoms with Gasteiger partial charge in [0.1, 0.15) is 0 Å². The van der Waals surface area contributed by atoms with Gasteiger partial charge in [0, 0.05) is 17.1 Å². The summed E-state index contributed by atoms with van der Waals surface area (Å²) < 4.78 is 26.6. The van der Waals surface area contributed by atoms with Crippen LogP contribution in [0, 0.1) is 0 Å². The predicted molar refractivity (Wildman–Crippen MR) is 68.8 cm³/mol. The molecule has 0 bridgehead atoms. The lowest BCUT2D eigenvalue weighted by molar-refractivity contribution is 0.292. The first-order valence-electron chi connectivity index (χ1n) is 4.90. The molecule has 3 nitrogen and oxygen atoms in total. The quantitative estimate of drug-likeness (QED) is 0.842. The van der Waals surface area contributed by atoms with Gasteiger partial charge in [0.15, 0.2) is 0 Å². The molecule has 0 saturated heterocycles. The Kier molecular flexibility index (Phi) is 3.82. The highest BCUT2D eigenvalue weighted by Gasteiger charge is 2.29. The zero-order valence-corrected chi connectivity index (χ0v) is 12.3. The third-order valence-corrected chi connectivity index (χ3v) is 5.08. The van der Waals surface area contributed by atoms with Gasteiger partial charge in [0.05, 0.1) is 4.90 Å². The van der Waals surface area contributed by atoms with E-state index in [-0.39, 0.29) is 0 Å². The fourth-order valence-electron chi connectivity index (χ4n) is 1.13. The first-order chi connectivity index (χ1) is 7.15. The Labute approximate surface area is 106 Å². The van der Waals surface area contributed by atoms with E-state index in [1.807, 2.05) is 20.8 Å². The smallest absolute Gasteiger partial charge is 0.207 e. The Balaban J connectivity index is 3.17. The average molecular weight is 306 g/mol. The summed E-state index contributed by atoms with van der Waals surface area (Å²) in [6, 6.07) is 6.65. The lowest BCUT2D eigenvalue weighted by atomic mass is 10.1. The molecule has 90 valence electrons. The molecule has 16 heavy (non-hydrogen) atoms. The fourth-order valence-corrected chi connectivity index (χ4v) is 2.91. The zero-order valence-electron chi connectivity index (χ0n) is 9.86. The summed E-state index contributed by atoms with van der Waals surface area (Å²) in [6.45, 7) is 5.59. The molecule has 0 aromatic heterocycles. The Morgan fingerprint density at radius 1 is 1.12 bits per heavy atom. The van der Waals surface area contributed by atoms with Gasteiger partial charge in [-0.2, -0.15) is 4.31 Å². The van der Waals surface area contributed by atoms with Crippen molar-refractivity contribution < 1.29 is 8.42 Å². The molecule has 0 aliphatic carbocycles. The van der Waals surface area contributed by atoms with E-state index >= 15 is 0 Å². The molecule has 0 fully saturated rings. The molecular weight excluding hydrogens is 290 g/mol. The molecule has 0 heterocycles. The van der Waals surface area contributed by atoms with Crippen molar-refractivity contribution in [1.29, 1.82) is 0 Å². The summed E-state index contributed by atoms with van der Waals surface area (Å²) in [5.74, 6) is 0. The van der Waals surface area contributed by atoms with Gasteiger partial charge in [0.2, 0.25) is 10.0 Å². The maximum atomic E-state index is 12.2. The second-order valence-corrected chi connectivity index (χ2v) is 7.48. The number of benzene rings is 1. The van der Waals surface area contributed by atoms with Gasteiger partial charge in [0.25, 0.3) is 0 Å². The Morgan fingerprint density at radius 3 is 1.94 bits per heavy atom. The fraction of sp³-hybridized carbons (Fsp3) is 0.455. The Hall–Kier alpha value is -0.390. The van der Waals surface area contributed by atoms with Gasteiger partial charge in [-0.15, -0.1) is 0 Å². The van der Waals surface area contributed by atoms with Gasteiger partial charge in [-0.05, 0) is 45.0 Å². The van der Waals surface area contributed by atoms with Crippen LogP contribution in [-0.2, 0) is 10.0 Å². The SMILES string of the molecule is CN(C(C)(C)C)S(=O)(=O)c1ccc(Br)cc1. The predicted octanol–water partition coefficient (Wildman–Crippen LogP) is 2.87. The number of nitrogens with zero attached hydrogens (tertiary/aromatic N) is 1. The molecule has 0 amide bonds. The van der Waals surface area contributed by atoms with E-state index in [1.165, 1.54) is 4.31 Å². The minimum Gasteiger partial charge on any atom is -0.207 e. The second kappa shape index (κ2) is 4.47. The van der Waals surface area contributed by atoms with E-state index < -0.39 is 15.6 Å². The van der Waals surface area contributed by atoms with E-state index in [0.29, 0.717) is 4.90 Å². The summed E-state index contributed by atoms with van der Waals surface area (Å²) >= 11 is 3.28. The van der Waals surface area contributed by atoms with Crippen LogP contribution >= 0.6 is 15.9 Å². The number of hydrogen-bond donors (Lipinski definition) is 0. The molecule has 1 aromatic rings. The van der Waals surface area contributed by atoms with Crippen molar-refractivity contribution in [2.45, 2.75) is 31.2 Å². The van der Waals surface area contributed by atoms with E-state index in [4.69, 9.17) is 0 Å². The molecule has 1 rings (SSSR count). The monoisotopic (exact) mass is 305 g/mol. The highest BCUT2D eigenvalue weighted by atomic mass is 79.9. The molecule has 5 heteroatoms. The largest absolute Gasteiger partial charge is 0.243 e. The minimum atomic E-state index is -3.40. The molecule has 0 aliphatic rings.